The minimum Gasteiger partial charge on any atom is -0.387 e. The SMILES string of the molecule is CC.Cc1ccc(Cl)c2c(NC(=O)CO)nn(C)c12. The number of carbonyl (C=O) groups is 1. The molecule has 0 unspecified atom stereocenters. The van der Waals surface area contributed by atoms with Gasteiger partial charge in [0, 0.05) is 7.05 Å². The Hall–Kier alpha value is -1.59. The molecular formula is C13H18ClN3O2. The molecule has 2 aromatic rings. The van der Waals surface area contributed by atoms with E-state index in [9.17, 15) is 4.79 Å². The third kappa shape index (κ3) is 3.05. The van der Waals surface area contributed by atoms with Crippen LogP contribution in [-0.4, -0.2) is 27.4 Å². The molecular weight excluding hydrogens is 266 g/mol. The maximum Gasteiger partial charge on any atom is 0.251 e. The highest BCUT2D eigenvalue weighted by Gasteiger charge is 2.15. The van der Waals surface area contributed by atoms with Crippen LogP contribution in [0.3, 0.4) is 0 Å². The summed E-state index contributed by atoms with van der Waals surface area (Å²) in [5, 5.41) is 16.6. The van der Waals surface area contributed by atoms with Crippen molar-refractivity contribution in [2.24, 2.45) is 7.05 Å². The van der Waals surface area contributed by atoms with E-state index >= 15 is 0 Å². The molecule has 1 heterocycles. The van der Waals surface area contributed by atoms with Gasteiger partial charge in [0.1, 0.15) is 6.61 Å². The molecule has 1 aromatic heterocycles. The van der Waals surface area contributed by atoms with Crippen LogP contribution in [0.25, 0.3) is 10.9 Å². The lowest BCUT2D eigenvalue weighted by Crippen LogP contribution is -2.16. The maximum atomic E-state index is 11.2. The molecule has 0 aliphatic rings. The van der Waals surface area contributed by atoms with E-state index in [1.165, 1.54) is 0 Å². The van der Waals surface area contributed by atoms with Crippen LogP contribution in [0.2, 0.25) is 5.02 Å². The molecule has 6 heteroatoms. The molecule has 5 nitrogen and oxygen atoms in total. The van der Waals surface area contributed by atoms with E-state index in [1.807, 2.05) is 26.8 Å². The quantitative estimate of drug-likeness (QED) is 0.890. The maximum absolute atomic E-state index is 11.2. The Balaban J connectivity index is 0.000000861. The van der Waals surface area contributed by atoms with Gasteiger partial charge in [-0.15, -0.1) is 0 Å². The third-order valence-electron chi connectivity index (χ3n) is 2.54. The lowest BCUT2D eigenvalue weighted by Gasteiger charge is -2.02. The van der Waals surface area contributed by atoms with E-state index < -0.39 is 12.5 Å². The summed E-state index contributed by atoms with van der Waals surface area (Å²) in [4.78, 5) is 11.2. The van der Waals surface area contributed by atoms with Crippen LogP contribution in [0.1, 0.15) is 19.4 Å². The monoisotopic (exact) mass is 283 g/mol. The minimum absolute atomic E-state index is 0.371. The molecule has 2 N–H and O–H groups in total. The van der Waals surface area contributed by atoms with E-state index in [2.05, 4.69) is 10.4 Å². The zero-order valence-corrected chi connectivity index (χ0v) is 12.2. The zero-order valence-electron chi connectivity index (χ0n) is 11.5. The van der Waals surface area contributed by atoms with Crippen LogP contribution in [0.4, 0.5) is 5.82 Å². The number of amides is 1. The van der Waals surface area contributed by atoms with Gasteiger partial charge in [0.15, 0.2) is 5.82 Å². The summed E-state index contributed by atoms with van der Waals surface area (Å²) < 4.78 is 1.66. The molecule has 0 radical (unpaired) electrons. The predicted octanol–water partition coefficient (Wildman–Crippen LogP) is 2.49. The van der Waals surface area contributed by atoms with Gasteiger partial charge < -0.3 is 10.4 Å². The van der Waals surface area contributed by atoms with Gasteiger partial charge in [0.2, 0.25) is 0 Å². The third-order valence-corrected chi connectivity index (χ3v) is 2.86. The molecule has 19 heavy (non-hydrogen) atoms. The first-order chi connectivity index (χ1) is 9.04. The Morgan fingerprint density at radius 2 is 2.11 bits per heavy atom. The van der Waals surface area contributed by atoms with Crippen LogP contribution >= 0.6 is 11.6 Å². The van der Waals surface area contributed by atoms with Gasteiger partial charge in [-0.1, -0.05) is 31.5 Å². The standard InChI is InChI=1S/C11H12ClN3O2.C2H6/c1-6-3-4-7(12)9-10(6)15(2)14-11(9)13-8(17)5-16;1-2/h3-4,16H,5H2,1-2H3,(H,13,14,17);1-2H3. The van der Waals surface area contributed by atoms with Crippen molar-refractivity contribution in [2.45, 2.75) is 20.8 Å². The van der Waals surface area contributed by atoms with Crippen LogP contribution in [0.5, 0.6) is 0 Å². The van der Waals surface area contributed by atoms with E-state index in [0.717, 1.165) is 11.1 Å². The molecule has 0 saturated heterocycles. The van der Waals surface area contributed by atoms with Crippen LogP contribution < -0.4 is 5.32 Å². The number of aliphatic hydroxyl groups is 1. The van der Waals surface area contributed by atoms with Crippen LogP contribution in [-0.2, 0) is 11.8 Å². The summed E-state index contributed by atoms with van der Waals surface area (Å²) in [6.45, 7) is 5.36. The van der Waals surface area contributed by atoms with Gasteiger partial charge in [0.25, 0.3) is 5.91 Å². The Labute approximate surface area is 117 Å². The normalized spacial score (nSPS) is 10.0. The smallest absolute Gasteiger partial charge is 0.251 e. The molecule has 0 spiro atoms. The molecule has 2 rings (SSSR count). The lowest BCUT2D eigenvalue weighted by molar-refractivity contribution is -0.118. The van der Waals surface area contributed by atoms with E-state index in [4.69, 9.17) is 16.7 Å². The van der Waals surface area contributed by atoms with E-state index in [0.29, 0.717) is 16.2 Å². The van der Waals surface area contributed by atoms with Crippen LogP contribution in [0, 0.1) is 6.92 Å². The molecule has 0 bridgehead atoms. The van der Waals surface area contributed by atoms with Crippen molar-refractivity contribution in [1.82, 2.24) is 9.78 Å². The number of nitrogens with zero attached hydrogens (tertiary/aromatic N) is 2. The van der Waals surface area contributed by atoms with E-state index in [-0.39, 0.29) is 0 Å². The first-order valence-electron chi connectivity index (χ1n) is 6.07. The second-order valence-electron chi connectivity index (χ2n) is 3.77. The summed E-state index contributed by atoms with van der Waals surface area (Å²) in [5.74, 6) is -0.141. The zero-order chi connectivity index (χ0) is 14.6. The van der Waals surface area contributed by atoms with Crippen molar-refractivity contribution in [1.29, 1.82) is 0 Å². The molecule has 0 saturated carbocycles. The Bertz CT molecular complexity index is 593. The Kier molecular flexibility index (Phi) is 5.32. The molecule has 1 aromatic carbocycles. The number of halogens is 1. The predicted molar refractivity (Wildman–Crippen MR) is 77.5 cm³/mol. The van der Waals surface area contributed by atoms with Crippen molar-refractivity contribution in [3.63, 3.8) is 0 Å². The first-order valence-corrected chi connectivity index (χ1v) is 6.45. The molecule has 104 valence electrons. The summed E-state index contributed by atoms with van der Waals surface area (Å²) in [6.07, 6.45) is 0. The van der Waals surface area contributed by atoms with Crippen molar-refractivity contribution in [3.05, 3.63) is 22.7 Å². The highest BCUT2D eigenvalue weighted by atomic mass is 35.5. The molecule has 1 amide bonds. The first kappa shape index (κ1) is 15.5. The fourth-order valence-corrected chi connectivity index (χ4v) is 2.06. The average molecular weight is 284 g/mol. The van der Waals surface area contributed by atoms with Crippen LogP contribution in [0.15, 0.2) is 12.1 Å². The second kappa shape index (κ2) is 6.54. The van der Waals surface area contributed by atoms with Gasteiger partial charge in [-0.3, -0.25) is 9.48 Å². The molecule has 0 aliphatic carbocycles. The minimum atomic E-state index is -0.582. The highest BCUT2D eigenvalue weighted by molar-refractivity contribution is 6.36. The van der Waals surface area contributed by atoms with Gasteiger partial charge in [-0.05, 0) is 18.6 Å². The number of fused-ring (bicyclic) bond motifs is 1. The fraction of sp³-hybridized carbons (Fsp3) is 0.385. The summed E-state index contributed by atoms with van der Waals surface area (Å²) in [6, 6.07) is 3.65. The topological polar surface area (TPSA) is 67.2 Å². The number of anilines is 1. The van der Waals surface area contributed by atoms with Gasteiger partial charge in [-0.2, -0.15) is 5.10 Å². The van der Waals surface area contributed by atoms with Crippen molar-refractivity contribution < 1.29 is 9.90 Å². The van der Waals surface area contributed by atoms with Gasteiger partial charge >= 0.3 is 0 Å². The number of benzene rings is 1. The number of rotatable bonds is 2. The Morgan fingerprint density at radius 1 is 1.47 bits per heavy atom. The molecule has 0 fully saturated rings. The second-order valence-corrected chi connectivity index (χ2v) is 4.17. The summed E-state index contributed by atoms with van der Waals surface area (Å²) in [5.41, 5.74) is 1.88. The van der Waals surface area contributed by atoms with Gasteiger partial charge in [0.05, 0.1) is 15.9 Å². The highest BCUT2D eigenvalue weighted by Crippen LogP contribution is 2.31. The number of hydrogen-bond acceptors (Lipinski definition) is 3. The van der Waals surface area contributed by atoms with Gasteiger partial charge in [-0.25, -0.2) is 0 Å². The number of nitrogens with one attached hydrogen (secondary N) is 1. The summed E-state index contributed by atoms with van der Waals surface area (Å²) in [7, 11) is 1.78. The largest absolute Gasteiger partial charge is 0.387 e. The molecule has 0 aliphatic heterocycles. The number of hydrogen-bond donors (Lipinski definition) is 2. The number of carbonyl (C=O) groups excluding carboxylic acids is 1. The van der Waals surface area contributed by atoms with E-state index in [1.54, 1.807) is 17.8 Å². The number of aliphatic hydroxyl groups excluding tert-OH is 1. The Morgan fingerprint density at radius 3 is 2.68 bits per heavy atom. The van der Waals surface area contributed by atoms with Crippen molar-refractivity contribution in [3.8, 4) is 0 Å². The lowest BCUT2D eigenvalue weighted by atomic mass is 10.1. The van der Waals surface area contributed by atoms with Crippen molar-refractivity contribution >= 4 is 34.2 Å². The fourth-order valence-electron chi connectivity index (χ4n) is 1.82. The van der Waals surface area contributed by atoms with Crippen molar-refractivity contribution in [2.75, 3.05) is 11.9 Å². The summed E-state index contributed by atoms with van der Waals surface area (Å²) >= 11 is 6.11. The number of aryl methyl sites for hydroxylation is 2. The average Bonchev–Trinajstić information content (AvgIpc) is 2.74. The molecule has 0 atom stereocenters. The number of aromatic nitrogens is 2.